The Morgan fingerprint density at radius 1 is 1.32 bits per heavy atom. The van der Waals surface area contributed by atoms with Crippen LogP contribution >= 0.6 is 0 Å². The van der Waals surface area contributed by atoms with Crippen LogP contribution in [-0.4, -0.2) is 45.4 Å². The molecule has 28 heavy (non-hydrogen) atoms. The predicted octanol–water partition coefficient (Wildman–Crippen LogP) is 1.83. The van der Waals surface area contributed by atoms with Crippen LogP contribution in [0.1, 0.15) is 12.0 Å². The zero-order valence-electron chi connectivity index (χ0n) is 15.8. The highest BCUT2D eigenvalue weighted by Crippen LogP contribution is 2.32. The van der Waals surface area contributed by atoms with Gasteiger partial charge in [-0.25, -0.2) is 4.39 Å². The molecule has 0 bridgehead atoms. The van der Waals surface area contributed by atoms with E-state index in [4.69, 9.17) is 9.47 Å². The second-order valence-corrected chi connectivity index (χ2v) is 6.67. The van der Waals surface area contributed by atoms with Crippen LogP contribution in [0.15, 0.2) is 42.5 Å². The molecule has 7 heteroatoms. The average Bonchev–Trinajstić information content (AvgIpc) is 2.70. The van der Waals surface area contributed by atoms with Crippen molar-refractivity contribution in [2.24, 2.45) is 0 Å². The maximum absolute atomic E-state index is 13.3. The molecule has 6 nitrogen and oxygen atoms in total. The monoisotopic (exact) mass is 387 g/mol. The number of hydrogen-bond acceptors (Lipinski definition) is 6. The minimum absolute atomic E-state index is 0.274. The van der Waals surface area contributed by atoms with Crippen molar-refractivity contribution in [2.45, 2.75) is 18.9 Å². The Kier molecular flexibility index (Phi) is 6.71. The third kappa shape index (κ3) is 5.13. The van der Waals surface area contributed by atoms with Gasteiger partial charge < -0.3 is 29.6 Å². The molecular formula is C21H24FN2O4-. The van der Waals surface area contributed by atoms with Gasteiger partial charge in [0.15, 0.2) is 0 Å². The SMILES string of the molecule is CO[C@@H](Cc1ccc(NCCCN2CCOc3cc(F)ccc32)cc1)C(=O)[O-]. The first kappa shape index (κ1) is 19.9. The molecule has 0 aliphatic carbocycles. The molecule has 0 fully saturated rings. The molecule has 1 N–H and O–H groups in total. The summed E-state index contributed by atoms with van der Waals surface area (Å²) < 4.78 is 23.8. The molecule has 3 rings (SSSR count). The number of benzene rings is 2. The number of aliphatic carboxylic acids is 1. The van der Waals surface area contributed by atoms with Crippen LogP contribution in [0.2, 0.25) is 0 Å². The van der Waals surface area contributed by atoms with Gasteiger partial charge in [-0.1, -0.05) is 12.1 Å². The van der Waals surface area contributed by atoms with Crippen LogP contribution in [-0.2, 0) is 16.0 Å². The number of ether oxygens (including phenoxy) is 2. The first-order chi connectivity index (χ1) is 13.6. The molecule has 1 aliphatic rings. The molecule has 0 unspecified atom stereocenters. The first-order valence-electron chi connectivity index (χ1n) is 9.30. The zero-order valence-corrected chi connectivity index (χ0v) is 15.8. The summed E-state index contributed by atoms with van der Waals surface area (Å²) in [6.07, 6.45) is 0.245. The highest BCUT2D eigenvalue weighted by atomic mass is 19.1. The lowest BCUT2D eigenvalue weighted by Gasteiger charge is -2.31. The molecule has 1 heterocycles. The Morgan fingerprint density at radius 2 is 2.11 bits per heavy atom. The van der Waals surface area contributed by atoms with Crippen molar-refractivity contribution in [1.29, 1.82) is 0 Å². The number of fused-ring (bicyclic) bond motifs is 1. The number of carbonyl (C=O) groups excluding carboxylic acids is 1. The molecule has 2 aromatic carbocycles. The molecule has 2 aromatic rings. The standard InChI is InChI=1S/C21H25FN2O4/c1-27-20(21(25)26)13-15-3-6-17(7-4-15)23-9-2-10-24-11-12-28-19-14-16(22)5-8-18(19)24/h3-8,14,20,23H,2,9-13H2,1H3,(H,25,26)/p-1/t20-/m0/s1. The predicted molar refractivity (Wildman–Crippen MR) is 103 cm³/mol. The number of carboxylic acids is 1. The number of nitrogens with one attached hydrogen (secondary N) is 1. The number of methoxy groups -OCH3 is 1. The van der Waals surface area contributed by atoms with E-state index in [-0.39, 0.29) is 12.2 Å². The molecule has 150 valence electrons. The van der Waals surface area contributed by atoms with E-state index in [0.717, 1.165) is 43.0 Å². The molecular weight excluding hydrogens is 363 g/mol. The Balaban J connectivity index is 1.45. The minimum Gasteiger partial charge on any atom is -0.547 e. The number of halogens is 1. The van der Waals surface area contributed by atoms with Crippen molar-refractivity contribution in [3.8, 4) is 5.75 Å². The maximum Gasteiger partial charge on any atom is 0.145 e. The molecule has 0 amide bonds. The van der Waals surface area contributed by atoms with Crippen LogP contribution in [0.4, 0.5) is 15.8 Å². The summed E-state index contributed by atoms with van der Waals surface area (Å²) in [7, 11) is 1.36. The Morgan fingerprint density at radius 3 is 2.82 bits per heavy atom. The van der Waals surface area contributed by atoms with E-state index in [9.17, 15) is 14.3 Å². The first-order valence-corrected chi connectivity index (χ1v) is 9.30. The Hall–Kier alpha value is -2.80. The van der Waals surface area contributed by atoms with Gasteiger partial charge in [0, 0.05) is 38.4 Å². The molecule has 0 radical (unpaired) electrons. The molecule has 0 saturated carbocycles. The number of rotatable bonds is 9. The topological polar surface area (TPSA) is 73.9 Å². The van der Waals surface area contributed by atoms with Crippen LogP contribution in [0.3, 0.4) is 0 Å². The third-order valence-corrected chi connectivity index (χ3v) is 4.74. The van der Waals surface area contributed by atoms with E-state index in [1.807, 2.05) is 24.3 Å². The summed E-state index contributed by atoms with van der Waals surface area (Å²) >= 11 is 0. The van der Waals surface area contributed by atoms with Crippen LogP contribution in [0, 0.1) is 5.82 Å². The number of anilines is 2. The number of carbonyl (C=O) groups is 1. The quantitative estimate of drug-likeness (QED) is 0.662. The number of carboxylic acid groups (broad SMARTS) is 1. The van der Waals surface area contributed by atoms with Gasteiger partial charge in [0.1, 0.15) is 24.3 Å². The fraction of sp³-hybridized carbons (Fsp3) is 0.381. The molecule has 0 saturated heterocycles. The lowest BCUT2D eigenvalue weighted by Crippen LogP contribution is -2.38. The lowest BCUT2D eigenvalue weighted by molar-refractivity contribution is -0.315. The number of nitrogens with zero attached hydrogens (tertiary/aromatic N) is 1. The van der Waals surface area contributed by atoms with Gasteiger partial charge in [-0.05, 0) is 36.2 Å². The van der Waals surface area contributed by atoms with E-state index in [0.29, 0.717) is 12.4 Å². The van der Waals surface area contributed by atoms with E-state index in [1.165, 1.54) is 19.2 Å². The second kappa shape index (κ2) is 9.41. The van der Waals surface area contributed by atoms with Crippen LogP contribution < -0.4 is 20.1 Å². The van der Waals surface area contributed by atoms with Gasteiger partial charge in [0.2, 0.25) is 0 Å². The summed E-state index contributed by atoms with van der Waals surface area (Å²) in [5, 5.41) is 14.3. The molecule has 0 aromatic heterocycles. The Bertz CT molecular complexity index is 797. The van der Waals surface area contributed by atoms with Gasteiger partial charge in [-0.3, -0.25) is 0 Å². The summed E-state index contributed by atoms with van der Waals surface area (Å²) in [5.74, 6) is -0.903. The van der Waals surface area contributed by atoms with Gasteiger partial charge >= 0.3 is 0 Å². The van der Waals surface area contributed by atoms with Crippen LogP contribution in [0.25, 0.3) is 0 Å². The van der Waals surface area contributed by atoms with Crippen LogP contribution in [0.5, 0.6) is 5.75 Å². The third-order valence-electron chi connectivity index (χ3n) is 4.74. The summed E-state index contributed by atoms with van der Waals surface area (Å²) in [6.45, 7) is 2.97. The van der Waals surface area contributed by atoms with Gasteiger partial charge in [-0.2, -0.15) is 0 Å². The molecule has 1 atom stereocenters. The maximum atomic E-state index is 13.3. The fourth-order valence-corrected chi connectivity index (χ4v) is 3.22. The van der Waals surface area contributed by atoms with Crippen molar-refractivity contribution in [3.05, 3.63) is 53.8 Å². The summed E-state index contributed by atoms with van der Waals surface area (Å²) in [6, 6.07) is 12.2. The highest BCUT2D eigenvalue weighted by molar-refractivity contribution is 5.70. The highest BCUT2D eigenvalue weighted by Gasteiger charge is 2.18. The van der Waals surface area contributed by atoms with E-state index in [2.05, 4.69) is 10.2 Å². The second-order valence-electron chi connectivity index (χ2n) is 6.67. The average molecular weight is 387 g/mol. The van der Waals surface area contributed by atoms with Gasteiger partial charge in [0.25, 0.3) is 0 Å². The van der Waals surface area contributed by atoms with E-state index >= 15 is 0 Å². The fourth-order valence-electron chi connectivity index (χ4n) is 3.22. The van der Waals surface area contributed by atoms with Crippen molar-refractivity contribution < 1.29 is 23.8 Å². The van der Waals surface area contributed by atoms with E-state index in [1.54, 1.807) is 6.07 Å². The number of hydrogen-bond donors (Lipinski definition) is 1. The lowest BCUT2D eigenvalue weighted by atomic mass is 10.1. The summed E-state index contributed by atoms with van der Waals surface area (Å²) in [4.78, 5) is 13.1. The van der Waals surface area contributed by atoms with E-state index < -0.39 is 12.1 Å². The minimum atomic E-state index is -1.21. The largest absolute Gasteiger partial charge is 0.547 e. The molecule has 0 spiro atoms. The van der Waals surface area contributed by atoms with Crippen molar-refractivity contribution in [1.82, 2.24) is 0 Å². The normalized spacial score (nSPS) is 14.1. The van der Waals surface area contributed by atoms with Crippen molar-refractivity contribution in [3.63, 3.8) is 0 Å². The molecule has 1 aliphatic heterocycles. The van der Waals surface area contributed by atoms with Gasteiger partial charge in [-0.15, -0.1) is 0 Å². The smallest absolute Gasteiger partial charge is 0.145 e. The Labute approximate surface area is 163 Å². The van der Waals surface area contributed by atoms with Gasteiger partial charge in [0.05, 0.1) is 18.2 Å². The van der Waals surface area contributed by atoms with Crippen molar-refractivity contribution >= 4 is 17.3 Å². The van der Waals surface area contributed by atoms with Crippen molar-refractivity contribution in [2.75, 3.05) is 43.6 Å². The summed E-state index contributed by atoms with van der Waals surface area (Å²) in [5.41, 5.74) is 2.77. The zero-order chi connectivity index (χ0) is 19.9.